The van der Waals surface area contributed by atoms with Crippen molar-refractivity contribution >= 4 is 5.97 Å². The van der Waals surface area contributed by atoms with E-state index in [1.165, 1.54) is 0 Å². The van der Waals surface area contributed by atoms with Crippen LogP contribution in [0.4, 0.5) is 0 Å². The highest BCUT2D eigenvalue weighted by Gasteiger charge is 2.17. The van der Waals surface area contributed by atoms with Crippen LogP contribution < -0.4 is 0 Å². The average molecular weight is 189 g/mol. The number of nitriles is 1. The molecule has 1 rings (SSSR count). The largest absolute Gasteiger partial charge is 0.481 e. The normalized spacial score (nSPS) is 11.8. The Labute approximate surface area is 82.6 Å². The smallest absolute Gasteiger partial charge is 0.310 e. The lowest BCUT2D eigenvalue weighted by Gasteiger charge is -2.09. The maximum Gasteiger partial charge on any atom is 0.310 e. The molecule has 0 fully saturated rings. The minimum atomic E-state index is -0.910. The highest BCUT2D eigenvalue weighted by Crippen LogP contribution is 2.20. The number of rotatable bonds is 2. The predicted molar refractivity (Wildman–Crippen MR) is 51.9 cm³/mol. The van der Waals surface area contributed by atoms with Crippen LogP contribution in [0.5, 0.6) is 0 Å². The van der Waals surface area contributed by atoms with Crippen LogP contribution in [0, 0.1) is 18.3 Å². The summed E-state index contributed by atoms with van der Waals surface area (Å²) in [5.74, 6) is -1.54. The number of aliphatic carboxylic acids is 1. The third-order valence-corrected chi connectivity index (χ3v) is 2.16. The SMILES string of the molecule is Cc1ccc(C#N)c(C(C)C(=O)O)c1. The molecule has 0 amide bonds. The van der Waals surface area contributed by atoms with E-state index in [9.17, 15) is 4.79 Å². The Bertz CT molecular complexity index is 404. The molecule has 3 heteroatoms. The van der Waals surface area contributed by atoms with Crippen molar-refractivity contribution in [2.75, 3.05) is 0 Å². The molecule has 1 unspecified atom stereocenters. The van der Waals surface area contributed by atoms with Crippen LogP contribution in [-0.4, -0.2) is 11.1 Å². The number of hydrogen-bond donors (Lipinski definition) is 1. The molecule has 0 aliphatic heterocycles. The van der Waals surface area contributed by atoms with Crippen molar-refractivity contribution in [3.63, 3.8) is 0 Å². The highest BCUT2D eigenvalue weighted by molar-refractivity contribution is 5.76. The molecule has 14 heavy (non-hydrogen) atoms. The third-order valence-electron chi connectivity index (χ3n) is 2.16. The third kappa shape index (κ3) is 1.91. The van der Waals surface area contributed by atoms with Crippen molar-refractivity contribution in [3.05, 3.63) is 34.9 Å². The van der Waals surface area contributed by atoms with Gasteiger partial charge in [0.25, 0.3) is 0 Å². The van der Waals surface area contributed by atoms with Crippen LogP contribution in [0.25, 0.3) is 0 Å². The second-order valence-electron chi connectivity index (χ2n) is 3.26. The number of hydrogen-bond acceptors (Lipinski definition) is 2. The molecular formula is C11H11NO2. The Morgan fingerprint density at radius 1 is 1.57 bits per heavy atom. The van der Waals surface area contributed by atoms with Gasteiger partial charge in [-0.15, -0.1) is 0 Å². The first-order chi connectivity index (χ1) is 6.56. The number of benzene rings is 1. The molecule has 72 valence electrons. The predicted octanol–water partition coefficient (Wildman–Crippen LogP) is 2.05. The molecule has 0 aliphatic rings. The molecule has 0 aromatic heterocycles. The summed E-state index contributed by atoms with van der Waals surface area (Å²) in [4.78, 5) is 10.8. The number of carbonyl (C=O) groups is 1. The second kappa shape index (κ2) is 3.93. The van der Waals surface area contributed by atoms with Gasteiger partial charge in [-0.3, -0.25) is 4.79 Å². The molecule has 0 heterocycles. The molecule has 0 saturated carbocycles. The Morgan fingerprint density at radius 2 is 2.21 bits per heavy atom. The molecule has 0 spiro atoms. The maximum atomic E-state index is 10.8. The van der Waals surface area contributed by atoms with Gasteiger partial charge in [-0.2, -0.15) is 5.26 Å². The summed E-state index contributed by atoms with van der Waals surface area (Å²) < 4.78 is 0. The minimum Gasteiger partial charge on any atom is -0.481 e. The van der Waals surface area contributed by atoms with E-state index in [4.69, 9.17) is 10.4 Å². The first-order valence-electron chi connectivity index (χ1n) is 4.29. The Kier molecular flexibility index (Phi) is 2.88. The maximum absolute atomic E-state index is 10.8. The fraction of sp³-hybridized carbons (Fsp3) is 0.273. The van der Waals surface area contributed by atoms with Crippen LogP contribution in [0.2, 0.25) is 0 Å². The van der Waals surface area contributed by atoms with Gasteiger partial charge in [-0.05, 0) is 25.5 Å². The Balaban J connectivity index is 3.25. The zero-order valence-electron chi connectivity index (χ0n) is 8.11. The van der Waals surface area contributed by atoms with Crippen LogP contribution in [0.15, 0.2) is 18.2 Å². The van der Waals surface area contributed by atoms with Gasteiger partial charge in [-0.1, -0.05) is 17.7 Å². The quantitative estimate of drug-likeness (QED) is 0.774. The average Bonchev–Trinajstić information content (AvgIpc) is 2.16. The summed E-state index contributed by atoms with van der Waals surface area (Å²) in [5, 5.41) is 17.6. The first-order valence-corrected chi connectivity index (χ1v) is 4.29. The van der Waals surface area contributed by atoms with Gasteiger partial charge < -0.3 is 5.11 Å². The van der Waals surface area contributed by atoms with Gasteiger partial charge >= 0.3 is 5.97 Å². The molecule has 1 aromatic rings. The standard InChI is InChI=1S/C11H11NO2/c1-7-3-4-9(6-12)10(5-7)8(2)11(13)14/h3-5,8H,1-2H3,(H,13,14). The van der Waals surface area contributed by atoms with Crippen molar-refractivity contribution < 1.29 is 9.90 Å². The lowest BCUT2D eigenvalue weighted by molar-refractivity contribution is -0.138. The zero-order valence-corrected chi connectivity index (χ0v) is 8.11. The summed E-state index contributed by atoms with van der Waals surface area (Å²) >= 11 is 0. The summed E-state index contributed by atoms with van der Waals surface area (Å²) in [6, 6.07) is 7.20. The van der Waals surface area contributed by atoms with Gasteiger partial charge in [0.2, 0.25) is 0 Å². The summed E-state index contributed by atoms with van der Waals surface area (Å²) in [5.41, 5.74) is 1.98. The van der Waals surface area contributed by atoms with Gasteiger partial charge in [0.05, 0.1) is 17.6 Å². The molecule has 0 bridgehead atoms. The van der Waals surface area contributed by atoms with Crippen molar-refractivity contribution in [1.29, 1.82) is 5.26 Å². The summed E-state index contributed by atoms with van der Waals surface area (Å²) in [6.45, 7) is 3.46. The van der Waals surface area contributed by atoms with Crippen LogP contribution in [-0.2, 0) is 4.79 Å². The molecule has 0 radical (unpaired) electrons. The van der Waals surface area contributed by atoms with E-state index < -0.39 is 11.9 Å². The van der Waals surface area contributed by atoms with Crippen LogP contribution in [0.1, 0.15) is 29.5 Å². The van der Waals surface area contributed by atoms with Crippen molar-refractivity contribution in [2.24, 2.45) is 0 Å². The zero-order chi connectivity index (χ0) is 10.7. The molecule has 1 N–H and O–H groups in total. The fourth-order valence-electron chi connectivity index (χ4n) is 1.28. The minimum absolute atomic E-state index is 0.436. The molecule has 1 atom stereocenters. The second-order valence-corrected chi connectivity index (χ2v) is 3.26. The van der Waals surface area contributed by atoms with Crippen molar-refractivity contribution in [1.82, 2.24) is 0 Å². The van der Waals surface area contributed by atoms with E-state index in [1.807, 2.05) is 13.0 Å². The van der Waals surface area contributed by atoms with Gasteiger partial charge in [0.15, 0.2) is 0 Å². The van der Waals surface area contributed by atoms with E-state index in [0.717, 1.165) is 5.56 Å². The lowest BCUT2D eigenvalue weighted by Crippen LogP contribution is -2.09. The fourth-order valence-corrected chi connectivity index (χ4v) is 1.28. The van der Waals surface area contributed by atoms with Crippen molar-refractivity contribution in [2.45, 2.75) is 19.8 Å². The van der Waals surface area contributed by atoms with E-state index >= 15 is 0 Å². The number of carboxylic acids is 1. The number of nitrogens with zero attached hydrogens (tertiary/aromatic N) is 1. The Hall–Kier alpha value is -1.82. The van der Waals surface area contributed by atoms with E-state index in [1.54, 1.807) is 25.1 Å². The molecule has 3 nitrogen and oxygen atoms in total. The molecular weight excluding hydrogens is 178 g/mol. The Morgan fingerprint density at radius 3 is 2.71 bits per heavy atom. The topological polar surface area (TPSA) is 61.1 Å². The number of carboxylic acid groups (broad SMARTS) is 1. The van der Waals surface area contributed by atoms with Crippen molar-refractivity contribution in [3.8, 4) is 6.07 Å². The van der Waals surface area contributed by atoms with E-state index in [0.29, 0.717) is 11.1 Å². The van der Waals surface area contributed by atoms with Crippen LogP contribution in [0.3, 0.4) is 0 Å². The van der Waals surface area contributed by atoms with Gasteiger partial charge in [0.1, 0.15) is 0 Å². The first kappa shape index (κ1) is 10.3. The van der Waals surface area contributed by atoms with Crippen LogP contribution >= 0.6 is 0 Å². The molecule has 0 saturated heterocycles. The lowest BCUT2D eigenvalue weighted by atomic mass is 9.95. The monoisotopic (exact) mass is 189 g/mol. The van der Waals surface area contributed by atoms with E-state index in [2.05, 4.69) is 0 Å². The van der Waals surface area contributed by atoms with E-state index in [-0.39, 0.29) is 0 Å². The van der Waals surface area contributed by atoms with Gasteiger partial charge in [-0.25, -0.2) is 0 Å². The summed E-state index contributed by atoms with van der Waals surface area (Å²) in [7, 11) is 0. The molecule has 0 aliphatic carbocycles. The molecule has 1 aromatic carbocycles. The summed E-state index contributed by atoms with van der Waals surface area (Å²) in [6.07, 6.45) is 0. The highest BCUT2D eigenvalue weighted by atomic mass is 16.4. The van der Waals surface area contributed by atoms with Gasteiger partial charge in [0, 0.05) is 0 Å². The number of aryl methyl sites for hydroxylation is 1.